The van der Waals surface area contributed by atoms with Gasteiger partial charge in [-0.1, -0.05) is 0 Å². The topological polar surface area (TPSA) is 57.0 Å². The van der Waals surface area contributed by atoms with Gasteiger partial charge in [0.25, 0.3) is 0 Å². The fourth-order valence-corrected chi connectivity index (χ4v) is 2.19. The van der Waals surface area contributed by atoms with E-state index in [0.29, 0.717) is 6.54 Å². The summed E-state index contributed by atoms with van der Waals surface area (Å²) < 4.78 is 8.25. The molecule has 2 aromatic rings. The number of nitrogens with zero attached hydrogens (tertiary/aromatic N) is 2. The van der Waals surface area contributed by atoms with E-state index in [1.54, 1.807) is 0 Å². The molecule has 80 valence electrons. The summed E-state index contributed by atoms with van der Waals surface area (Å²) in [6.07, 6.45) is 0. The lowest BCUT2D eigenvalue weighted by Crippen LogP contribution is -2.05. The Hall–Kier alpha value is -1.07. The second kappa shape index (κ2) is 3.83. The Labute approximate surface area is 96.2 Å². The number of furan rings is 1. The van der Waals surface area contributed by atoms with Gasteiger partial charge in [-0.05, 0) is 35.0 Å². The van der Waals surface area contributed by atoms with Crippen LogP contribution in [0, 0.1) is 6.92 Å². The molecule has 2 rings (SSSR count). The summed E-state index contributed by atoms with van der Waals surface area (Å²) in [7, 11) is 1.92. The lowest BCUT2D eigenvalue weighted by atomic mass is 10.3. The van der Waals surface area contributed by atoms with Gasteiger partial charge in [-0.15, -0.1) is 0 Å². The molecule has 0 fully saturated rings. The molecule has 15 heavy (non-hydrogen) atoms. The lowest BCUT2D eigenvalue weighted by Gasteiger charge is -2.01. The molecule has 2 N–H and O–H groups in total. The normalized spacial score (nSPS) is 10.9. The van der Waals surface area contributed by atoms with Gasteiger partial charge in [0.15, 0.2) is 5.76 Å². The van der Waals surface area contributed by atoms with Crippen molar-refractivity contribution in [3.05, 3.63) is 28.3 Å². The van der Waals surface area contributed by atoms with E-state index in [1.807, 2.05) is 30.7 Å². The van der Waals surface area contributed by atoms with E-state index in [1.165, 1.54) is 0 Å². The van der Waals surface area contributed by atoms with Crippen molar-refractivity contribution < 1.29 is 4.42 Å². The molecule has 0 unspecified atom stereocenters. The molecule has 0 spiro atoms. The molecule has 4 nitrogen and oxygen atoms in total. The van der Waals surface area contributed by atoms with Crippen LogP contribution in [0.2, 0.25) is 0 Å². The number of rotatable bonds is 2. The first-order chi connectivity index (χ1) is 7.13. The maximum absolute atomic E-state index is 5.58. The van der Waals surface area contributed by atoms with Crippen LogP contribution in [0.15, 0.2) is 21.2 Å². The first-order valence-corrected chi connectivity index (χ1v) is 5.40. The predicted molar refractivity (Wildman–Crippen MR) is 61.2 cm³/mol. The van der Waals surface area contributed by atoms with Gasteiger partial charge >= 0.3 is 0 Å². The summed E-state index contributed by atoms with van der Waals surface area (Å²) in [6, 6.07) is 3.86. The Morgan fingerprint density at radius 1 is 1.53 bits per heavy atom. The van der Waals surface area contributed by atoms with Gasteiger partial charge in [0.05, 0.1) is 6.54 Å². The molecule has 0 aliphatic carbocycles. The lowest BCUT2D eigenvalue weighted by molar-refractivity contribution is 0.543. The molecule has 0 aliphatic heterocycles. The minimum atomic E-state index is 0.411. The molecule has 0 saturated carbocycles. The molecule has 0 bridgehead atoms. The van der Waals surface area contributed by atoms with Crippen LogP contribution in [0.1, 0.15) is 11.6 Å². The summed E-state index contributed by atoms with van der Waals surface area (Å²) in [5.74, 6) is 2.51. The van der Waals surface area contributed by atoms with E-state index in [4.69, 9.17) is 10.2 Å². The summed E-state index contributed by atoms with van der Waals surface area (Å²) in [6.45, 7) is 2.33. The number of hydrogen-bond donors (Lipinski definition) is 1. The van der Waals surface area contributed by atoms with Gasteiger partial charge in [0, 0.05) is 7.05 Å². The van der Waals surface area contributed by atoms with Crippen molar-refractivity contribution in [2.24, 2.45) is 12.8 Å². The molecule has 5 heteroatoms. The zero-order valence-corrected chi connectivity index (χ0v) is 10.2. The maximum atomic E-state index is 5.58. The molecule has 0 aliphatic rings. The van der Waals surface area contributed by atoms with Crippen molar-refractivity contribution in [1.82, 2.24) is 9.55 Å². The fraction of sp³-hybridized carbons (Fsp3) is 0.300. The molecular weight excluding hydrogens is 258 g/mol. The standard InChI is InChI=1S/C10H12BrN3O/c1-6-3-4-7(15-6)9-10(11)13-8(5-12)14(9)2/h3-4H,5,12H2,1-2H3. The first-order valence-electron chi connectivity index (χ1n) is 4.61. The highest BCUT2D eigenvalue weighted by Gasteiger charge is 2.15. The minimum absolute atomic E-state index is 0.411. The van der Waals surface area contributed by atoms with E-state index >= 15 is 0 Å². The van der Waals surface area contributed by atoms with E-state index in [-0.39, 0.29) is 0 Å². The molecule has 2 aromatic heterocycles. The molecule has 0 atom stereocenters. The van der Waals surface area contributed by atoms with Gasteiger partial charge in [-0.3, -0.25) is 0 Å². The van der Waals surface area contributed by atoms with Crippen molar-refractivity contribution in [3.63, 3.8) is 0 Å². The number of imidazole rings is 1. The SMILES string of the molecule is Cc1ccc(-c2c(Br)nc(CN)n2C)o1. The van der Waals surface area contributed by atoms with Gasteiger partial charge in [-0.25, -0.2) is 4.98 Å². The highest BCUT2D eigenvalue weighted by atomic mass is 79.9. The van der Waals surface area contributed by atoms with Crippen LogP contribution in [0.4, 0.5) is 0 Å². The Bertz CT molecular complexity index is 487. The van der Waals surface area contributed by atoms with Crippen molar-refractivity contribution in [2.75, 3.05) is 0 Å². The maximum Gasteiger partial charge on any atom is 0.153 e. The van der Waals surface area contributed by atoms with E-state index in [2.05, 4.69) is 20.9 Å². The summed E-state index contributed by atoms with van der Waals surface area (Å²) in [5.41, 5.74) is 6.50. The Kier molecular flexibility index (Phi) is 2.67. The molecule has 0 radical (unpaired) electrons. The summed E-state index contributed by atoms with van der Waals surface area (Å²) in [4.78, 5) is 4.31. The second-order valence-corrected chi connectivity index (χ2v) is 4.09. The van der Waals surface area contributed by atoms with Crippen LogP contribution >= 0.6 is 15.9 Å². The van der Waals surface area contributed by atoms with Crippen LogP contribution in [0.3, 0.4) is 0 Å². The van der Waals surface area contributed by atoms with Gasteiger partial charge in [0.1, 0.15) is 21.9 Å². The largest absolute Gasteiger partial charge is 0.460 e. The average molecular weight is 270 g/mol. The molecule has 0 aromatic carbocycles. The smallest absolute Gasteiger partial charge is 0.153 e. The summed E-state index contributed by atoms with van der Waals surface area (Å²) >= 11 is 3.41. The van der Waals surface area contributed by atoms with Gasteiger partial charge in [0.2, 0.25) is 0 Å². The van der Waals surface area contributed by atoms with E-state index in [9.17, 15) is 0 Å². The number of nitrogens with two attached hydrogens (primary N) is 1. The minimum Gasteiger partial charge on any atom is -0.460 e. The van der Waals surface area contributed by atoms with Gasteiger partial charge < -0.3 is 14.7 Å². The van der Waals surface area contributed by atoms with Crippen molar-refractivity contribution in [2.45, 2.75) is 13.5 Å². The van der Waals surface area contributed by atoms with E-state index < -0.39 is 0 Å². The Morgan fingerprint density at radius 3 is 2.73 bits per heavy atom. The second-order valence-electron chi connectivity index (χ2n) is 3.34. The van der Waals surface area contributed by atoms with Crippen LogP contribution in [0.5, 0.6) is 0 Å². The number of halogens is 1. The van der Waals surface area contributed by atoms with Crippen molar-refractivity contribution >= 4 is 15.9 Å². The molecular formula is C10H12BrN3O. The first kappa shape index (κ1) is 10.4. The van der Waals surface area contributed by atoms with Crippen molar-refractivity contribution in [1.29, 1.82) is 0 Å². The third-order valence-electron chi connectivity index (χ3n) is 2.30. The molecule has 0 saturated heterocycles. The van der Waals surface area contributed by atoms with Crippen LogP contribution in [0.25, 0.3) is 11.5 Å². The quantitative estimate of drug-likeness (QED) is 0.910. The fourth-order valence-electron chi connectivity index (χ4n) is 1.52. The van der Waals surface area contributed by atoms with Crippen LogP contribution in [-0.4, -0.2) is 9.55 Å². The predicted octanol–water partition coefficient (Wildman–Crippen LogP) is 2.21. The number of hydrogen-bond acceptors (Lipinski definition) is 3. The van der Waals surface area contributed by atoms with Crippen molar-refractivity contribution in [3.8, 4) is 11.5 Å². The molecule has 2 heterocycles. The zero-order valence-electron chi connectivity index (χ0n) is 8.62. The highest BCUT2D eigenvalue weighted by molar-refractivity contribution is 9.10. The third kappa shape index (κ3) is 1.72. The van der Waals surface area contributed by atoms with Crippen LogP contribution < -0.4 is 5.73 Å². The molecule has 0 amide bonds. The monoisotopic (exact) mass is 269 g/mol. The third-order valence-corrected chi connectivity index (χ3v) is 2.85. The zero-order chi connectivity index (χ0) is 11.0. The average Bonchev–Trinajstić information content (AvgIpc) is 2.71. The number of aromatic nitrogens is 2. The van der Waals surface area contributed by atoms with Gasteiger partial charge in [-0.2, -0.15) is 0 Å². The Balaban J connectivity index is 2.57. The number of aryl methyl sites for hydroxylation is 1. The van der Waals surface area contributed by atoms with Crippen LogP contribution in [-0.2, 0) is 13.6 Å². The Morgan fingerprint density at radius 2 is 2.27 bits per heavy atom. The highest BCUT2D eigenvalue weighted by Crippen LogP contribution is 2.29. The summed E-state index contributed by atoms with van der Waals surface area (Å²) in [5, 5.41) is 0. The van der Waals surface area contributed by atoms with E-state index in [0.717, 1.165) is 27.6 Å².